The van der Waals surface area contributed by atoms with E-state index in [2.05, 4.69) is 82.9 Å². The summed E-state index contributed by atoms with van der Waals surface area (Å²) in [6.45, 7) is 24.4. The highest BCUT2D eigenvalue weighted by Crippen LogP contribution is 2.00. The number of allylic oxidation sites excluding steroid dienone is 2. The number of methoxy groups -OCH3 is 1. The minimum absolute atomic E-state index is 0.467. The van der Waals surface area contributed by atoms with Crippen LogP contribution in [0.5, 0.6) is 0 Å². The van der Waals surface area contributed by atoms with E-state index in [0.717, 1.165) is 16.3 Å². The Kier molecular flexibility index (Phi) is 23.3. The van der Waals surface area contributed by atoms with Gasteiger partial charge in [-0.15, -0.1) is 0 Å². The summed E-state index contributed by atoms with van der Waals surface area (Å²) in [5, 5.41) is 5.09. The van der Waals surface area contributed by atoms with Crippen molar-refractivity contribution in [2.75, 3.05) is 41.1 Å². The first-order valence-electron chi connectivity index (χ1n) is 9.61. The summed E-state index contributed by atoms with van der Waals surface area (Å²) in [5.41, 5.74) is 0.856. The number of likely N-dealkylation sites (N-methyl/N-ethyl adjacent to an activating group) is 2. The zero-order valence-electron chi connectivity index (χ0n) is 20.8. The molecule has 0 bridgehead atoms. The highest BCUT2D eigenvalue weighted by atomic mass is 32.2. The first kappa shape index (κ1) is 36.7. The lowest BCUT2D eigenvalue weighted by Crippen LogP contribution is -2.41. The number of carbonyl (C=O) groups excluding carboxylic acids is 1. The number of hydrogen-bond acceptors (Lipinski definition) is 5. The number of nitrogens with one attached hydrogen (secondary N) is 2. The molecular formula is C23H44N3O5S+. The van der Waals surface area contributed by atoms with E-state index in [-0.39, 0.29) is 0 Å². The van der Waals surface area contributed by atoms with Gasteiger partial charge in [0.15, 0.2) is 0 Å². The Morgan fingerprint density at radius 3 is 1.66 bits per heavy atom. The molecule has 0 heterocycles. The third-order valence-corrected chi connectivity index (χ3v) is 4.58. The lowest BCUT2D eigenvalue weighted by molar-refractivity contribution is -0.887. The summed E-state index contributed by atoms with van der Waals surface area (Å²) in [5.74, 6) is -0.354. The van der Waals surface area contributed by atoms with E-state index < -0.39 is 27.8 Å². The second-order valence-corrected chi connectivity index (χ2v) is 8.81. The zero-order valence-corrected chi connectivity index (χ0v) is 21.7. The van der Waals surface area contributed by atoms with Crippen molar-refractivity contribution in [3.05, 3.63) is 75.2 Å². The smallest absolute Gasteiger partial charge is 0.266 e. The van der Waals surface area contributed by atoms with Gasteiger partial charge in [0, 0.05) is 18.8 Å². The summed E-state index contributed by atoms with van der Waals surface area (Å²) < 4.78 is 34.5. The quantitative estimate of drug-likeness (QED) is 0.112. The van der Waals surface area contributed by atoms with Crippen molar-refractivity contribution in [3.8, 4) is 0 Å². The van der Waals surface area contributed by atoms with Crippen molar-refractivity contribution in [2.45, 2.75) is 25.9 Å². The monoisotopic (exact) mass is 474 g/mol. The molecule has 3 N–H and O–H groups in total. The van der Waals surface area contributed by atoms with E-state index in [1.165, 1.54) is 6.92 Å². The van der Waals surface area contributed by atoms with Gasteiger partial charge in [0.25, 0.3) is 10.1 Å². The van der Waals surface area contributed by atoms with Gasteiger partial charge in [0.2, 0.25) is 5.91 Å². The maximum Gasteiger partial charge on any atom is 0.266 e. The SMILES string of the molecule is C=CC(=C)NC.C=CC(=C)OC.C=CC(=O)NC(C)CS(=O)(=O)O.C=CC(C)[N+](C)(C)C. The van der Waals surface area contributed by atoms with Gasteiger partial charge in [-0.1, -0.05) is 39.5 Å². The Hall–Kier alpha value is -2.62. The van der Waals surface area contributed by atoms with Crippen LogP contribution in [0, 0.1) is 0 Å². The van der Waals surface area contributed by atoms with Crippen LogP contribution in [0.2, 0.25) is 0 Å². The van der Waals surface area contributed by atoms with Crippen molar-refractivity contribution < 1.29 is 27.0 Å². The number of nitrogens with zero attached hydrogens (tertiary/aromatic N) is 1. The van der Waals surface area contributed by atoms with Crippen LogP contribution < -0.4 is 10.6 Å². The second-order valence-electron chi connectivity index (χ2n) is 7.31. The van der Waals surface area contributed by atoms with Gasteiger partial charge in [0.1, 0.15) is 11.8 Å². The fraction of sp³-hybridized carbons (Fsp3) is 0.435. The summed E-state index contributed by atoms with van der Waals surface area (Å²) in [6, 6.07) is -0.0690. The molecule has 0 radical (unpaired) electrons. The number of quaternary nitrogens is 1. The third kappa shape index (κ3) is 32.1. The fourth-order valence-electron chi connectivity index (χ4n) is 1.16. The van der Waals surface area contributed by atoms with Crippen molar-refractivity contribution >= 4 is 16.0 Å². The molecule has 2 atom stereocenters. The highest BCUT2D eigenvalue weighted by molar-refractivity contribution is 7.85. The molecule has 0 rings (SSSR count). The Morgan fingerprint density at radius 1 is 1.06 bits per heavy atom. The first-order valence-corrected chi connectivity index (χ1v) is 11.2. The summed E-state index contributed by atoms with van der Waals surface area (Å²) in [4.78, 5) is 10.6. The molecule has 9 heteroatoms. The molecule has 32 heavy (non-hydrogen) atoms. The van der Waals surface area contributed by atoms with Gasteiger partial charge in [-0.25, -0.2) is 0 Å². The van der Waals surface area contributed by atoms with Gasteiger partial charge in [0.05, 0.1) is 34.0 Å². The van der Waals surface area contributed by atoms with Gasteiger partial charge < -0.3 is 19.9 Å². The van der Waals surface area contributed by atoms with E-state index in [4.69, 9.17) is 4.55 Å². The Morgan fingerprint density at radius 2 is 1.53 bits per heavy atom. The minimum Gasteiger partial charge on any atom is -0.497 e. The molecule has 8 nitrogen and oxygen atoms in total. The maximum atomic E-state index is 10.6. The summed E-state index contributed by atoms with van der Waals surface area (Å²) in [7, 11) is 5.82. The van der Waals surface area contributed by atoms with Crippen LogP contribution in [-0.4, -0.2) is 76.5 Å². The second kappa shape index (κ2) is 20.3. The lowest BCUT2D eigenvalue weighted by atomic mass is 10.3. The molecular weight excluding hydrogens is 430 g/mol. The Bertz CT molecular complexity index is 688. The van der Waals surface area contributed by atoms with E-state index in [1.54, 1.807) is 19.3 Å². The highest BCUT2D eigenvalue weighted by Gasteiger charge is 2.13. The van der Waals surface area contributed by atoms with Crippen LogP contribution in [0.15, 0.2) is 75.2 Å². The topological polar surface area (TPSA) is 105 Å². The molecule has 0 aromatic rings. The molecule has 0 spiro atoms. The molecule has 186 valence electrons. The van der Waals surface area contributed by atoms with Crippen LogP contribution in [0.3, 0.4) is 0 Å². The van der Waals surface area contributed by atoms with Crippen molar-refractivity contribution in [1.29, 1.82) is 0 Å². The number of ether oxygens (including phenoxy) is 1. The predicted molar refractivity (Wildman–Crippen MR) is 137 cm³/mol. The molecule has 0 aromatic heterocycles. The number of amides is 1. The van der Waals surface area contributed by atoms with Crippen molar-refractivity contribution in [3.63, 3.8) is 0 Å². The van der Waals surface area contributed by atoms with Crippen LogP contribution in [0.4, 0.5) is 0 Å². The lowest BCUT2D eigenvalue weighted by Gasteiger charge is -2.28. The van der Waals surface area contributed by atoms with E-state index in [0.29, 0.717) is 11.8 Å². The normalized spacial score (nSPS) is 11.5. The van der Waals surface area contributed by atoms with Crippen LogP contribution >= 0.6 is 0 Å². The molecule has 2 unspecified atom stereocenters. The maximum absolute atomic E-state index is 10.6. The Balaban J connectivity index is -0.000000172. The average Bonchev–Trinajstić information content (AvgIpc) is 2.70. The molecule has 0 saturated carbocycles. The van der Waals surface area contributed by atoms with Crippen molar-refractivity contribution in [2.24, 2.45) is 0 Å². The largest absolute Gasteiger partial charge is 0.497 e. The first-order chi connectivity index (χ1) is 14.4. The van der Waals surface area contributed by atoms with Crippen molar-refractivity contribution in [1.82, 2.24) is 10.6 Å². The fourth-order valence-corrected chi connectivity index (χ4v) is 1.88. The molecule has 0 fully saturated rings. The molecule has 0 aromatic carbocycles. The summed E-state index contributed by atoms with van der Waals surface area (Å²) in [6.07, 6.45) is 6.22. The van der Waals surface area contributed by atoms with E-state index in [1.807, 2.05) is 13.1 Å². The zero-order chi connectivity index (χ0) is 26.5. The van der Waals surface area contributed by atoms with Gasteiger partial charge in [-0.05, 0) is 38.2 Å². The molecule has 0 saturated heterocycles. The minimum atomic E-state index is -4.03. The number of rotatable bonds is 10. The van der Waals surface area contributed by atoms with Gasteiger partial charge in [-0.2, -0.15) is 8.42 Å². The van der Waals surface area contributed by atoms with Gasteiger partial charge in [-0.3, -0.25) is 9.35 Å². The van der Waals surface area contributed by atoms with E-state index >= 15 is 0 Å². The van der Waals surface area contributed by atoms with Gasteiger partial charge >= 0.3 is 0 Å². The standard InChI is InChI=1S/C7H16N.C6H11NO4S.C5H9N.C5H8O/c1-6-7(2)8(3,4)5;1-3-6(8)7-5(2)4-12(9,10)11;2*1-4-5(2)6-3/h6-7H,1H2,2-5H3;3,5H,1,4H2,2H3,(H,7,8)(H,9,10,11);4,6H,1-2H2,3H3;4H,1-2H2,3H3/q+1;;;. The molecule has 1 amide bonds. The predicted octanol–water partition coefficient (Wildman–Crippen LogP) is 3.07. The number of hydrogen-bond donors (Lipinski definition) is 3. The van der Waals surface area contributed by atoms with Crippen LogP contribution in [0.25, 0.3) is 0 Å². The van der Waals surface area contributed by atoms with E-state index in [9.17, 15) is 13.2 Å². The average molecular weight is 475 g/mol. The summed E-state index contributed by atoms with van der Waals surface area (Å²) >= 11 is 0. The Labute approximate surface area is 196 Å². The number of carbonyl (C=O) groups is 1. The third-order valence-electron chi connectivity index (χ3n) is 3.65. The molecule has 0 aliphatic carbocycles. The van der Waals surface area contributed by atoms with Crippen LogP contribution in [0.1, 0.15) is 13.8 Å². The molecule has 0 aliphatic heterocycles. The van der Waals surface area contributed by atoms with Crippen LogP contribution in [-0.2, 0) is 19.6 Å². The molecule has 0 aliphatic rings.